The molecule has 366 valence electrons. The Labute approximate surface area is 383 Å². The van der Waals surface area contributed by atoms with E-state index in [0.717, 1.165) is 70.6 Å². The minimum Gasteiger partial charge on any atom is -0.756 e. The van der Waals surface area contributed by atoms with Gasteiger partial charge in [-0.2, -0.15) is 0 Å². The Balaban J connectivity index is 5.42. The van der Waals surface area contributed by atoms with Gasteiger partial charge in [-0.05, 0) is 57.4 Å². The number of likely N-dealkylation sites (N-methyl/N-ethyl adjacent to an activating group) is 1. The summed E-state index contributed by atoms with van der Waals surface area (Å²) in [6.45, 7) is 6.81. The van der Waals surface area contributed by atoms with Crippen LogP contribution in [0.2, 0.25) is 0 Å². The summed E-state index contributed by atoms with van der Waals surface area (Å²) in [4.78, 5) is 39.6. The van der Waals surface area contributed by atoms with Crippen LogP contribution in [0.25, 0.3) is 0 Å². The molecule has 0 spiro atoms. The van der Waals surface area contributed by atoms with Gasteiger partial charge in [-0.3, -0.25) is 14.2 Å². The molecule has 0 aliphatic carbocycles. The molecular formula is C52H101N2O7P. The summed E-state index contributed by atoms with van der Waals surface area (Å²) in [7, 11) is 1.18. The Bertz CT molecular complexity index is 1120. The molecule has 0 rings (SSSR count). The van der Waals surface area contributed by atoms with Crippen molar-refractivity contribution >= 4 is 19.7 Å². The van der Waals surface area contributed by atoms with Gasteiger partial charge in [0.05, 0.1) is 33.8 Å². The summed E-state index contributed by atoms with van der Waals surface area (Å²) in [5.41, 5.74) is 0. The Kier molecular flexibility index (Phi) is 42.3. The molecule has 10 heteroatoms. The van der Waals surface area contributed by atoms with E-state index in [1.807, 2.05) is 33.3 Å². The maximum absolute atomic E-state index is 13.4. The van der Waals surface area contributed by atoms with Crippen LogP contribution in [0.3, 0.4) is 0 Å². The molecule has 0 fully saturated rings. The zero-order valence-corrected chi connectivity index (χ0v) is 42.5. The molecule has 0 saturated heterocycles. The van der Waals surface area contributed by atoms with E-state index in [-0.39, 0.29) is 31.5 Å². The van der Waals surface area contributed by atoms with E-state index in [4.69, 9.17) is 13.8 Å². The van der Waals surface area contributed by atoms with Crippen molar-refractivity contribution in [2.45, 2.75) is 258 Å². The molecule has 0 bridgehead atoms. The van der Waals surface area contributed by atoms with Gasteiger partial charge < -0.3 is 28.5 Å². The number of ether oxygens (including phenoxy) is 1. The minimum atomic E-state index is -4.68. The molecule has 3 atom stereocenters. The lowest BCUT2D eigenvalue weighted by molar-refractivity contribution is -0.870. The smallest absolute Gasteiger partial charge is 0.306 e. The number of phosphoric acid groups is 1. The lowest BCUT2D eigenvalue weighted by Gasteiger charge is -2.30. The van der Waals surface area contributed by atoms with Crippen LogP contribution in [0.15, 0.2) is 24.3 Å². The van der Waals surface area contributed by atoms with Crippen molar-refractivity contribution in [3.63, 3.8) is 0 Å². The highest BCUT2D eigenvalue weighted by Crippen LogP contribution is 2.38. The highest BCUT2D eigenvalue weighted by Gasteiger charge is 2.27. The molecule has 3 unspecified atom stereocenters. The number of amides is 1. The Hall–Kier alpha value is -1.51. The van der Waals surface area contributed by atoms with E-state index in [9.17, 15) is 19.0 Å². The van der Waals surface area contributed by atoms with Gasteiger partial charge >= 0.3 is 5.97 Å². The van der Waals surface area contributed by atoms with Crippen LogP contribution in [0.1, 0.15) is 245 Å². The van der Waals surface area contributed by atoms with Crippen molar-refractivity contribution in [3.05, 3.63) is 24.3 Å². The highest BCUT2D eigenvalue weighted by atomic mass is 31.2. The molecule has 0 heterocycles. The highest BCUT2D eigenvalue weighted by molar-refractivity contribution is 7.45. The molecule has 0 radical (unpaired) electrons. The minimum absolute atomic E-state index is 0.0222. The monoisotopic (exact) mass is 897 g/mol. The van der Waals surface area contributed by atoms with Gasteiger partial charge in [-0.1, -0.05) is 200 Å². The molecule has 1 amide bonds. The predicted octanol–water partition coefficient (Wildman–Crippen LogP) is 14.4. The lowest BCUT2D eigenvalue weighted by Crippen LogP contribution is -2.47. The summed E-state index contributed by atoms with van der Waals surface area (Å²) in [6.07, 6.45) is 47.1. The predicted molar refractivity (Wildman–Crippen MR) is 261 cm³/mol. The van der Waals surface area contributed by atoms with Crippen LogP contribution in [0.5, 0.6) is 0 Å². The van der Waals surface area contributed by atoms with Gasteiger partial charge in [-0.15, -0.1) is 0 Å². The van der Waals surface area contributed by atoms with E-state index >= 15 is 0 Å². The van der Waals surface area contributed by atoms with Gasteiger partial charge in [0.1, 0.15) is 19.3 Å². The zero-order chi connectivity index (χ0) is 45.8. The fraction of sp³-hybridized carbons (Fsp3) is 0.885. The molecular weight excluding hydrogens is 796 g/mol. The normalized spacial score (nSPS) is 14.1. The summed E-state index contributed by atoms with van der Waals surface area (Å²) < 4.78 is 30.1. The Morgan fingerprint density at radius 2 is 0.935 bits per heavy atom. The second-order valence-electron chi connectivity index (χ2n) is 19.0. The van der Waals surface area contributed by atoms with Gasteiger partial charge in [0.2, 0.25) is 5.91 Å². The maximum Gasteiger partial charge on any atom is 0.306 e. The van der Waals surface area contributed by atoms with Crippen molar-refractivity contribution in [2.24, 2.45) is 0 Å². The number of rotatable bonds is 47. The van der Waals surface area contributed by atoms with Gasteiger partial charge in [-0.25, -0.2) is 0 Å². The largest absolute Gasteiger partial charge is 0.756 e. The molecule has 1 N–H and O–H groups in total. The van der Waals surface area contributed by atoms with Crippen LogP contribution in [0.4, 0.5) is 0 Å². The number of allylic oxidation sites excluding steroid dienone is 3. The number of hydrogen-bond acceptors (Lipinski definition) is 7. The number of nitrogens with one attached hydrogen (secondary N) is 1. The third kappa shape index (κ3) is 43.7. The third-order valence-corrected chi connectivity index (χ3v) is 12.6. The first kappa shape index (κ1) is 60.5. The van der Waals surface area contributed by atoms with E-state index in [1.165, 1.54) is 141 Å². The summed E-state index contributed by atoms with van der Waals surface area (Å²) in [5, 5.41) is 3.00. The number of hydrogen-bond donors (Lipinski definition) is 1. The zero-order valence-electron chi connectivity index (χ0n) is 41.6. The number of unbranched alkanes of at least 4 members (excludes halogenated alkanes) is 29. The van der Waals surface area contributed by atoms with Crippen molar-refractivity contribution in [2.75, 3.05) is 40.9 Å². The first-order valence-corrected chi connectivity index (χ1v) is 27.6. The first-order chi connectivity index (χ1) is 29.9. The number of quaternary nitrogens is 1. The van der Waals surface area contributed by atoms with Crippen LogP contribution >= 0.6 is 7.82 Å². The Morgan fingerprint density at radius 3 is 1.39 bits per heavy atom. The number of carbonyl (C=O) groups is 2. The number of esters is 1. The molecule has 0 aromatic carbocycles. The fourth-order valence-electron chi connectivity index (χ4n) is 7.52. The summed E-state index contributed by atoms with van der Waals surface area (Å²) in [5.74, 6) is -0.555. The van der Waals surface area contributed by atoms with Gasteiger partial charge in [0.25, 0.3) is 7.82 Å². The Morgan fingerprint density at radius 1 is 0.548 bits per heavy atom. The van der Waals surface area contributed by atoms with Crippen molar-refractivity contribution in [1.82, 2.24) is 5.32 Å². The van der Waals surface area contributed by atoms with E-state index in [0.29, 0.717) is 17.4 Å². The number of phosphoric ester groups is 1. The van der Waals surface area contributed by atoms with Crippen LogP contribution in [-0.4, -0.2) is 69.4 Å². The van der Waals surface area contributed by atoms with Gasteiger partial charge in [0.15, 0.2) is 0 Å². The molecule has 62 heavy (non-hydrogen) atoms. The lowest BCUT2D eigenvalue weighted by atomic mass is 10.0. The van der Waals surface area contributed by atoms with E-state index < -0.39 is 20.0 Å². The number of nitrogens with zero attached hydrogens (tertiary/aromatic N) is 1. The second kappa shape index (κ2) is 43.4. The van der Waals surface area contributed by atoms with Crippen molar-refractivity contribution in [1.29, 1.82) is 0 Å². The summed E-state index contributed by atoms with van der Waals surface area (Å²) in [6, 6.07) is -0.887. The molecule has 0 aromatic rings. The molecule has 0 aliphatic rings. The first-order valence-electron chi connectivity index (χ1n) is 26.1. The SMILES string of the molecule is CCCCCCCCC/C=C\CCCCCC(=O)NC(COP(=O)([O-])OCC[N+](C)(C)C)C(/C=C/CCCCCCCCCCC)OC(=O)CCCCCCCCCCCCC. The summed E-state index contributed by atoms with van der Waals surface area (Å²) >= 11 is 0. The van der Waals surface area contributed by atoms with E-state index in [1.54, 1.807) is 0 Å². The standard InChI is InChI=1S/C52H101N2O7P/c1-7-10-13-16-19-22-25-26-27-30-32-35-38-41-44-51(55)53-49(48-60-62(57,58)59-47-46-54(4,5)6)50(43-40-37-34-31-28-23-20-17-14-11-8-2)61-52(56)45-42-39-36-33-29-24-21-18-15-12-9-3/h27,30,40,43,49-50H,7-26,28-29,31-39,41-42,44-48H2,1-6H3,(H-,53,55,57,58)/b30-27-,43-40+. The topological polar surface area (TPSA) is 114 Å². The molecule has 9 nitrogen and oxygen atoms in total. The fourth-order valence-corrected chi connectivity index (χ4v) is 8.24. The third-order valence-electron chi connectivity index (χ3n) is 11.6. The van der Waals surface area contributed by atoms with Crippen LogP contribution in [-0.2, 0) is 27.9 Å². The molecule has 0 aliphatic heterocycles. The molecule has 0 aromatic heterocycles. The average Bonchev–Trinajstić information content (AvgIpc) is 3.22. The van der Waals surface area contributed by atoms with Crippen LogP contribution in [0, 0.1) is 0 Å². The molecule has 0 saturated carbocycles. The number of carbonyl (C=O) groups excluding carboxylic acids is 2. The van der Waals surface area contributed by atoms with Crippen LogP contribution < -0.4 is 10.2 Å². The van der Waals surface area contributed by atoms with Gasteiger partial charge in [0, 0.05) is 12.8 Å². The van der Waals surface area contributed by atoms with Crippen molar-refractivity contribution in [3.8, 4) is 0 Å². The van der Waals surface area contributed by atoms with E-state index in [2.05, 4.69) is 38.2 Å². The van der Waals surface area contributed by atoms with Crippen molar-refractivity contribution < 1.29 is 37.3 Å². The quantitative estimate of drug-likeness (QED) is 0.0213. The average molecular weight is 897 g/mol. The second-order valence-corrected chi connectivity index (χ2v) is 20.4. The maximum atomic E-state index is 13.4.